The van der Waals surface area contributed by atoms with Gasteiger partial charge in [-0.05, 0) is 43.2 Å². The maximum absolute atomic E-state index is 12.4. The van der Waals surface area contributed by atoms with Crippen LogP contribution < -0.4 is 4.72 Å². The second kappa shape index (κ2) is 7.68. The predicted molar refractivity (Wildman–Crippen MR) is 94.8 cm³/mol. The van der Waals surface area contributed by atoms with Gasteiger partial charge in [-0.1, -0.05) is 35.9 Å². The van der Waals surface area contributed by atoms with Gasteiger partial charge in [0.25, 0.3) is 0 Å². The molecule has 0 aliphatic carbocycles. The van der Waals surface area contributed by atoms with Crippen LogP contribution in [-0.4, -0.2) is 21.0 Å². The molecule has 0 bridgehead atoms. The number of halogens is 1. The minimum absolute atomic E-state index is 0.251. The largest absolute Gasteiger partial charge is 0.462 e. The number of carbonyl (C=O) groups excluding carboxylic acids is 1. The summed E-state index contributed by atoms with van der Waals surface area (Å²) in [5, 5.41) is 0.389. The standard InChI is InChI=1S/C17H18ClNO4S/c1-3-23-17(20)14-8-6-10-16(12(14)2)19-24(21,22)11-13-7-4-5-9-15(13)18/h4-10,19H,3,11H2,1-2H3. The van der Waals surface area contributed by atoms with Crippen LogP contribution in [0.3, 0.4) is 0 Å². The van der Waals surface area contributed by atoms with Crippen molar-refractivity contribution in [3.8, 4) is 0 Å². The fourth-order valence-electron chi connectivity index (χ4n) is 2.20. The van der Waals surface area contributed by atoms with Crippen molar-refractivity contribution in [3.63, 3.8) is 0 Å². The normalized spacial score (nSPS) is 11.1. The maximum atomic E-state index is 12.4. The number of hydrogen-bond acceptors (Lipinski definition) is 4. The Morgan fingerprint density at radius 1 is 1.17 bits per heavy atom. The second-order valence-corrected chi connectivity index (χ2v) is 7.28. The predicted octanol–water partition coefficient (Wildman–Crippen LogP) is 3.77. The lowest BCUT2D eigenvalue weighted by Crippen LogP contribution is -2.17. The average molecular weight is 368 g/mol. The first-order valence-corrected chi connectivity index (χ1v) is 9.37. The fourth-order valence-corrected chi connectivity index (χ4v) is 3.77. The van der Waals surface area contributed by atoms with Gasteiger partial charge in [0, 0.05) is 5.02 Å². The van der Waals surface area contributed by atoms with Gasteiger partial charge < -0.3 is 4.74 Å². The van der Waals surface area contributed by atoms with E-state index in [1.165, 1.54) is 0 Å². The quantitative estimate of drug-likeness (QED) is 0.789. The molecule has 0 aromatic heterocycles. The van der Waals surface area contributed by atoms with E-state index in [4.69, 9.17) is 16.3 Å². The molecule has 0 atom stereocenters. The van der Waals surface area contributed by atoms with Crippen molar-refractivity contribution in [2.45, 2.75) is 19.6 Å². The minimum Gasteiger partial charge on any atom is -0.462 e. The summed E-state index contributed by atoms with van der Waals surface area (Å²) in [6.45, 7) is 3.63. The van der Waals surface area contributed by atoms with Crippen LogP contribution >= 0.6 is 11.6 Å². The molecule has 2 rings (SSSR count). The Morgan fingerprint density at radius 3 is 2.54 bits per heavy atom. The third-order valence-electron chi connectivity index (χ3n) is 3.40. The average Bonchev–Trinajstić information content (AvgIpc) is 2.51. The van der Waals surface area contributed by atoms with Crippen LogP contribution in [0.25, 0.3) is 0 Å². The Morgan fingerprint density at radius 2 is 1.88 bits per heavy atom. The highest BCUT2D eigenvalue weighted by molar-refractivity contribution is 7.91. The molecule has 5 nitrogen and oxygen atoms in total. The molecular formula is C17H18ClNO4S. The monoisotopic (exact) mass is 367 g/mol. The third kappa shape index (κ3) is 4.49. The molecule has 2 aromatic carbocycles. The van der Waals surface area contributed by atoms with Crippen LogP contribution in [0, 0.1) is 6.92 Å². The van der Waals surface area contributed by atoms with Crippen molar-refractivity contribution >= 4 is 33.3 Å². The fraction of sp³-hybridized carbons (Fsp3) is 0.235. The number of rotatable bonds is 6. The number of esters is 1. The highest BCUT2D eigenvalue weighted by Crippen LogP contribution is 2.23. The van der Waals surface area contributed by atoms with Crippen molar-refractivity contribution < 1.29 is 17.9 Å². The summed E-state index contributed by atoms with van der Waals surface area (Å²) >= 11 is 6.01. The van der Waals surface area contributed by atoms with Crippen LogP contribution in [-0.2, 0) is 20.5 Å². The molecule has 0 spiro atoms. The molecule has 0 heterocycles. The van der Waals surface area contributed by atoms with E-state index in [2.05, 4.69) is 4.72 Å². The SMILES string of the molecule is CCOC(=O)c1cccc(NS(=O)(=O)Cc2ccccc2Cl)c1C. The minimum atomic E-state index is -3.67. The summed E-state index contributed by atoms with van der Waals surface area (Å²) in [7, 11) is -3.67. The van der Waals surface area contributed by atoms with Crippen molar-refractivity contribution in [3.05, 3.63) is 64.2 Å². The number of nitrogens with one attached hydrogen (secondary N) is 1. The van der Waals surface area contributed by atoms with Gasteiger partial charge in [0.1, 0.15) is 0 Å². The molecule has 7 heteroatoms. The van der Waals surface area contributed by atoms with E-state index in [-0.39, 0.29) is 12.4 Å². The van der Waals surface area contributed by atoms with Gasteiger partial charge >= 0.3 is 5.97 Å². The molecule has 0 amide bonds. The summed E-state index contributed by atoms with van der Waals surface area (Å²) in [6.07, 6.45) is 0. The zero-order valence-electron chi connectivity index (χ0n) is 13.4. The van der Waals surface area contributed by atoms with E-state index >= 15 is 0 Å². The molecule has 0 saturated heterocycles. The first kappa shape index (κ1) is 18.3. The Bertz CT molecular complexity index is 849. The Kier molecular flexibility index (Phi) is 5.85. The Balaban J connectivity index is 2.25. The number of anilines is 1. The van der Waals surface area contributed by atoms with Gasteiger partial charge in [0.05, 0.1) is 23.6 Å². The van der Waals surface area contributed by atoms with Crippen molar-refractivity contribution in [1.82, 2.24) is 0 Å². The lowest BCUT2D eigenvalue weighted by atomic mass is 10.1. The summed E-state index contributed by atoms with van der Waals surface area (Å²) in [6, 6.07) is 11.6. The van der Waals surface area contributed by atoms with Gasteiger partial charge in [0.2, 0.25) is 10.0 Å². The molecule has 1 N–H and O–H groups in total. The lowest BCUT2D eigenvalue weighted by Gasteiger charge is -2.13. The van der Waals surface area contributed by atoms with Gasteiger partial charge in [-0.25, -0.2) is 13.2 Å². The van der Waals surface area contributed by atoms with Crippen LogP contribution in [0.4, 0.5) is 5.69 Å². The number of ether oxygens (including phenoxy) is 1. The van der Waals surface area contributed by atoms with Crippen LogP contribution in [0.5, 0.6) is 0 Å². The van der Waals surface area contributed by atoms with E-state index in [0.29, 0.717) is 27.4 Å². The van der Waals surface area contributed by atoms with Gasteiger partial charge in [-0.3, -0.25) is 4.72 Å². The smallest absolute Gasteiger partial charge is 0.338 e. The molecule has 0 saturated carbocycles. The number of hydrogen-bond donors (Lipinski definition) is 1. The maximum Gasteiger partial charge on any atom is 0.338 e. The summed E-state index contributed by atoms with van der Waals surface area (Å²) in [5.74, 6) is -0.738. The zero-order chi connectivity index (χ0) is 17.7. The van der Waals surface area contributed by atoms with E-state index in [1.54, 1.807) is 56.3 Å². The van der Waals surface area contributed by atoms with Crippen molar-refractivity contribution in [2.24, 2.45) is 0 Å². The highest BCUT2D eigenvalue weighted by atomic mass is 35.5. The molecule has 2 aromatic rings. The topological polar surface area (TPSA) is 72.5 Å². The van der Waals surface area contributed by atoms with Crippen LogP contribution in [0.2, 0.25) is 5.02 Å². The molecular weight excluding hydrogens is 350 g/mol. The molecule has 0 aliphatic heterocycles. The molecule has 0 fully saturated rings. The highest BCUT2D eigenvalue weighted by Gasteiger charge is 2.18. The number of carbonyl (C=O) groups is 1. The molecule has 0 aliphatic rings. The van der Waals surface area contributed by atoms with Crippen molar-refractivity contribution in [1.29, 1.82) is 0 Å². The van der Waals surface area contributed by atoms with Crippen LogP contribution in [0.1, 0.15) is 28.4 Å². The first-order chi connectivity index (χ1) is 11.3. The summed E-state index contributed by atoms with van der Waals surface area (Å²) in [4.78, 5) is 11.9. The van der Waals surface area contributed by atoms with E-state index in [0.717, 1.165) is 0 Å². The van der Waals surface area contributed by atoms with E-state index in [1.807, 2.05) is 0 Å². The number of sulfonamides is 1. The molecule has 24 heavy (non-hydrogen) atoms. The zero-order valence-corrected chi connectivity index (χ0v) is 14.9. The summed E-state index contributed by atoms with van der Waals surface area (Å²) in [5.41, 5.74) is 1.69. The van der Waals surface area contributed by atoms with Gasteiger partial charge in [-0.2, -0.15) is 0 Å². The molecule has 0 radical (unpaired) electrons. The van der Waals surface area contributed by atoms with Crippen LogP contribution in [0.15, 0.2) is 42.5 Å². The Hall–Kier alpha value is -2.05. The lowest BCUT2D eigenvalue weighted by molar-refractivity contribution is 0.0525. The first-order valence-electron chi connectivity index (χ1n) is 7.34. The summed E-state index contributed by atoms with van der Waals surface area (Å²) < 4.78 is 32.3. The molecule has 0 unspecified atom stereocenters. The third-order valence-corrected chi connectivity index (χ3v) is 4.99. The number of benzene rings is 2. The second-order valence-electron chi connectivity index (χ2n) is 5.15. The van der Waals surface area contributed by atoms with Gasteiger partial charge in [-0.15, -0.1) is 0 Å². The molecule has 128 valence electrons. The van der Waals surface area contributed by atoms with E-state index in [9.17, 15) is 13.2 Å². The van der Waals surface area contributed by atoms with Crippen molar-refractivity contribution in [2.75, 3.05) is 11.3 Å². The van der Waals surface area contributed by atoms with E-state index < -0.39 is 16.0 Å². The van der Waals surface area contributed by atoms with Gasteiger partial charge in [0.15, 0.2) is 0 Å². The Labute approximate surface area is 146 Å².